The Balaban J connectivity index is 2.25. The van der Waals surface area contributed by atoms with Crippen molar-refractivity contribution in [3.63, 3.8) is 0 Å². The highest BCUT2D eigenvalue weighted by Gasteiger charge is 2.54. The third-order valence-corrected chi connectivity index (χ3v) is 5.03. The third-order valence-electron chi connectivity index (χ3n) is 5.03. The second kappa shape index (κ2) is 5.76. The molecule has 0 spiro atoms. The number of fused-ring (bicyclic) bond motifs is 1. The Labute approximate surface area is 140 Å². The fraction of sp³-hybridized carbons (Fsp3) is 0.316. The first-order valence-corrected chi connectivity index (χ1v) is 7.70. The number of methoxy groups -OCH3 is 1. The highest BCUT2D eigenvalue weighted by atomic mass is 16.5. The number of hydrogen-bond donors (Lipinski definition) is 1. The topological polar surface area (TPSA) is 107 Å². The van der Waals surface area contributed by atoms with Crippen molar-refractivity contribution in [3.05, 3.63) is 52.7 Å². The van der Waals surface area contributed by atoms with E-state index in [-0.39, 0.29) is 11.6 Å². The Morgan fingerprint density at radius 1 is 1.17 bits per heavy atom. The van der Waals surface area contributed by atoms with E-state index in [4.69, 9.17) is 10.5 Å². The molecule has 1 aromatic rings. The molecule has 0 saturated carbocycles. The molecule has 2 atom stereocenters. The van der Waals surface area contributed by atoms with Crippen molar-refractivity contribution < 1.29 is 4.74 Å². The second-order valence-corrected chi connectivity index (χ2v) is 6.03. The molecule has 2 aliphatic rings. The zero-order valence-electron chi connectivity index (χ0n) is 13.3. The molecule has 1 aromatic carbocycles. The van der Waals surface area contributed by atoms with Gasteiger partial charge in [0.1, 0.15) is 11.8 Å². The molecular weight excluding hydrogens is 300 g/mol. The lowest BCUT2D eigenvalue weighted by atomic mass is 9.59. The van der Waals surface area contributed by atoms with E-state index in [9.17, 15) is 15.8 Å². The van der Waals surface area contributed by atoms with Crippen molar-refractivity contribution in [2.24, 2.45) is 17.1 Å². The minimum Gasteiger partial charge on any atom is -0.497 e. The number of allylic oxidation sites excluding steroid dienone is 4. The first-order chi connectivity index (χ1) is 11.6. The number of benzene rings is 1. The molecule has 118 valence electrons. The van der Waals surface area contributed by atoms with Crippen molar-refractivity contribution in [1.29, 1.82) is 15.8 Å². The Kier molecular flexibility index (Phi) is 3.76. The largest absolute Gasteiger partial charge is 0.497 e. The summed E-state index contributed by atoms with van der Waals surface area (Å²) in [6, 6.07) is 13.7. The van der Waals surface area contributed by atoms with Crippen LogP contribution in [0.25, 0.3) is 0 Å². The fourth-order valence-corrected chi connectivity index (χ4v) is 3.88. The number of nitriles is 3. The van der Waals surface area contributed by atoms with E-state index in [1.165, 1.54) is 0 Å². The molecule has 0 heterocycles. The highest BCUT2D eigenvalue weighted by Crippen LogP contribution is 2.56. The van der Waals surface area contributed by atoms with E-state index >= 15 is 0 Å². The van der Waals surface area contributed by atoms with Gasteiger partial charge in [-0.15, -0.1) is 0 Å². The van der Waals surface area contributed by atoms with Crippen molar-refractivity contribution in [1.82, 2.24) is 0 Å². The molecule has 5 heteroatoms. The fourth-order valence-electron chi connectivity index (χ4n) is 3.88. The Hall–Kier alpha value is -3.23. The van der Waals surface area contributed by atoms with Crippen LogP contribution in [0.15, 0.2) is 47.2 Å². The molecule has 0 aromatic heterocycles. The van der Waals surface area contributed by atoms with Gasteiger partial charge in [-0.1, -0.05) is 18.2 Å². The van der Waals surface area contributed by atoms with Gasteiger partial charge in [0.05, 0.1) is 30.5 Å². The van der Waals surface area contributed by atoms with E-state index in [1.807, 2.05) is 30.3 Å². The molecule has 2 N–H and O–H groups in total. The summed E-state index contributed by atoms with van der Waals surface area (Å²) in [4.78, 5) is 0. The van der Waals surface area contributed by atoms with Crippen molar-refractivity contribution >= 4 is 0 Å². The van der Waals surface area contributed by atoms with E-state index in [1.54, 1.807) is 7.11 Å². The maximum Gasteiger partial charge on any atom is 0.191 e. The average molecular weight is 316 g/mol. The monoisotopic (exact) mass is 316 g/mol. The van der Waals surface area contributed by atoms with Crippen LogP contribution in [0.2, 0.25) is 0 Å². The second-order valence-electron chi connectivity index (χ2n) is 6.03. The van der Waals surface area contributed by atoms with Crippen LogP contribution in [0.1, 0.15) is 24.3 Å². The summed E-state index contributed by atoms with van der Waals surface area (Å²) in [5.74, 6) is 0.251. The quantitative estimate of drug-likeness (QED) is 0.902. The summed E-state index contributed by atoms with van der Waals surface area (Å²) >= 11 is 0. The minimum absolute atomic E-state index is 0.0559. The average Bonchev–Trinajstić information content (AvgIpc) is 3.09. The van der Waals surface area contributed by atoms with Crippen molar-refractivity contribution in [3.8, 4) is 24.0 Å². The predicted octanol–water partition coefficient (Wildman–Crippen LogP) is 2.90. The maximum absolute atomic E-state index is 9.84. The van der Waals surface area contributed by atoms with Gasteiger partial charge in [-0.05, 0) is 42.0 Å². The molecule has 24 heavy (non-hydrogen) atoms. The van der Waals surface area contributed by atoms with Gasteiger partial charge in [-0.25, -0.2) is 0 Å². The van der Waals surface area contributed by atoms with Gasteiger partial charge >= 0.3 is 0 Å². The predicted molar refractivity (Wildman–Crippen MR) is 87.0 cm³/mol. The lowest BCUT2D eigenvalue weighted by Crippen LogP contribution is -2.41. The van der Waals surface area contributed by atoms with Crippen LogP contribution in [0.3, 0.4) is 0 Å². The number of nitrogens with zero attached hydrogens (tertiary/aromatic N) is 3. The molecule has 0 saturated heterocycles. The molecule has 5 nitrogen and oxygen atoms in total. The Morgan fingerprint density at radius 2 is 1.83 bits per heavy atom. The zero-order chi connectivity index (χ0) is 17.3. The number of hydrogen-bond acceptors (Lipinski definition) is 5. The Bertz CT molecular complexity index is 845. The number of rotatable bonds is 2. The molecule has 0 radical (unpaired) electrons. The highest BCUT2D eigenvalue weighted by molar-refractivity contribution is 5.59. The molecule has 3 rings (SSSR count). The first kappa shape index (κ1) is 15.7. The summed E-state index contributed by atoms with van der Waals surface area (Å²) in [5, 5.41) is 29.2. The smallest absolute Gasteiger partial charge is 0.191 e. The lowest BCUT2D eigenvalue weighted by Gasteiger charge is -2.40. The minimum atomic E-state index is -1.54. The summed E-state index contributed by atoms with van der Waals surface area (Å²) in [7, 11) is 1.59. The van der Waals surface area contributed by atoms with Crippen LogP contribution < -0.4 is 10.5 Å². The number of ether oxygens (including phenoxy) is 1. The molecule has 2 unspecified atom stereocenters. The van der Waals surface area contributed by atoms with Gasteiger partial charge < -0.3 is 10.5 Å². The van der Waals surface area contributed by atoms with Gasteiger partial charge in [0.15, 0.2) is 5.41 Å². The van der Waals surface area contributed by atoms with Gasteiger partial charge in [-0.3, -0.25) is 0 Å². The molecule has 0 bridgehead atoms. The maximum atomic E-state index is 9.84. The standard InChI is InChI=1S/C19H16N4O/c1-24-13-7-5-12(6-8-13)17-15-4-2-3-14(15)16(9-20)18(23)19(17,10-21)11-22/h3,5-8,15,17H,2,4,23H2,1H3. The van der Waals surface area contributed by atoms with Crippen LogP contribution in [-0.2, 0) is 0 Å². The van der Waals surface area contributed by atoms with E-state index in [2.05, 4.69) is 18.2 Å². The molecule has 0 amide bonds. The molecule has 0 aliphatic heterocycles. The third kappa shape index (κ3) is 1.98. The zero-order valence-corrected chi connectivity index (χ0v) is 13.3. The lowest BCUT2D eigenvalue weighted by molar-refractivity contribution is 0.344. The van der Waals surface area contributed by atoms with Gasteiger partial charge in [-0.2, -0.15) is 15.8 Å². The van der Waals surface area contributed by atoms with E-state index in [0.717, 1.165) is 24.0 Å². The van der Waals surface area contributed by atoms with Crippen molar-refractivity contribution in [2.75, 3.05) is 7.11 Å². The van der Waals surface area contributed by atoms with Crippen LogP contribution in [0.5, 0.6) is 5.75 Å². The number of nitrogens with two attached hydrogens (primary N) is 1. The van der Waals surface area contributed by atoms with Crippen LogP contribution >= 0.6 is 0 Å². The summed E-state index contributed by atoms with van der Waals surface area (Å²) < 4.78 is 5.18. The summed E-state index contributed by atoms with van der Waals surface area (Å²) in [5.41, 5.74) is 6.74. The van der Waals surface area contributed by atoms with Crippen LogP contribution in [-0.4, -0.2) is 7.11 Å². The van der Waals surface area contributed by atoms with Crippen LogP contribution in [0.4, 0.5) is 0 Å². The summed E-state index contributed by atoms with van der Waals surface area (Å²) in [6.07, 6.45) is 3.62. The molecule has 2 aliphatic carbocycles. The Morgan fingerprint density at radius 3 is 2.38 bits per heavy atom. The molecular formula is C19H16N4O. The first-order valence-electron chi connectivity index (χ1n) is 7.70. The van der Waals surface area contributed by atoms with Crippen molar-refractivity contribution in [2.45, 2.75) is 18.8 Å². The van der Waals surface area contributed by atoms with Gasteiger partial charge in [0, 0.05) is 5.92 Å². The van der Waals surface area contributed by atoms with Crippen LogP contribution in [0, 0.1) is 45.3 Å². The summed E-state index contributed by atoms with van der Waals surface area (Å²) in [6.45, 7) is 0. The normalized spacial score (nSPS) is 24.2. The van der Waals surface area contributed by atoms with E-state index < -0.39 is 11.3 Å². The van der Waals surface area contributed by atoms with Gasteiger partial charge in [0.25, 0.3) is 0 Å². The van der Waals surface area contributed by atoms with E-state index in [0.29, 0.717) is 11.3 Å². The molecule has 0 fully saturated rings. The van der Waals surface area contributed by atoms with Gasteiger partial charge in [0.2, 0.25) is 0 Å². The SMILES string of the molecule is COc1ccc(C2C3CCC=C3C(C#N)=C(N)C2(C#N)C#N)cc1.